The lowest BCUT2D eigenvalue weighted by Crippen LogP contribution is -2.02. The van der Waals surface area contributed by atoms with Gasteiger partial charge in [-0.3, -0.25) is 4.98 Å². The zero-order valence-corrected chi connectivity index (χ0v) is 7.78. The van der Waals surface area contributed by atoms with E-state index in [-0.39, 0.29) is 5.75 Å². The molecule has 0 bridgehead atoms. The highest BCUT2D eigenvalue weighted by Gasteiger charge is 2.34. The molecule has 2 nitrogen and oxygen atoms in total. The number of halogens is 2. The molecule has 0 spiro atoms. The van der Waals surface area contributed by atoms with E-state index in [4.69, 9.17) is 0 Å². The van der Waals surface area contributed by atoms with E-state index < -0.39 is 6.61 Å². The Morgan fingerprint density at radius 1 is 1.50 bits per heavy atom. The number of alkyl halides is 2. The summed E-state index contributed by atoms with van der Waals surface area (Å²) in [5.41, 5.74) is 0.971. The number of hydrogen-bond donors (Lipinski definition) is 0. The zero-order chi connectivity index (χ0) is 10.1. The Morgan fingerprint density at radius 3 is 2.64 bits per heavy atom. The van der Waals surface area contributed by atoms with Crippen LogP contribution in [0, 0.1) is 5.92 Å². The Labute approximate surface area is 80.9 Å². The molecule has 2 atom stereocenters. The molecule has 0 unspecified atom stereocenters. The van der Waals surface area contributed by atoms with Crippen LogP contribution in [0.3, 0.4) is 0 Å². The molecule has 2 rings (SSSR count). The molecular weight excluding hydrogens is 188 g/mol. The highest BCUT2D eigenvalue weighted by Crippen LogP contribution is 2.46. The Balaban J connectivity index is 2.03. The maximum Gasteiger partial charge on any atom is 0.387 e. The Kier molecular flexibility index (Phi) is 2.35. The summed E-state index contributed by atoms with van der Waals surface area (Å²) in [5.74, 6) is 1.30. The van der Waals surface area contributed by atoms with Crippen molar-refractivity contribution in [1.82, 2.24) is 4.98 Å². The minimum atomic E-state index is -2.78. The lowest BCUT2D eigenvalue weighted by atomic mass is 10.2. The van der Waals surface area contributed by atoms with Crippen LogP contribution in [0.2, 0.25) is 0 Å². The first-order valence-corrected chi connectivity index (χ1v) is 4.57. The summed E-state index contributed by atoms with van der Waals surface area (Å²) in [6, 6.07) is 3.30. The first-order valence-electron chi connectivity index (χ1n) is 4.57. The minimum Gasteiger partial charge on any atom is -0.433 e. The van der Waals surface area contributed by atoms with E-state index in [1.807, 2.05) is 0 Å². The van der Waals surface area contributed by atoms with Gasteiger partial charge < -0.3 is 4.74 Å². The van der Waals surface area contributed by atoms with Crippen molar-refractivity contribution in [2.24, 2.45) is 5.92 Å². The normalized spacial score (nSPS) is 25.1. The Morgan fingerprint density at radius 2 is 2.21 bits per heavy atom. The van der Waals surface area contributed by atoms with Crippen molar-refractivity contribution in [3.8, 4) is 5.75 Å². The van der Waals surface area contributed by atoms with Gasteiger partial charge >= 0.3 is 6.61 Å². The molecule has 1 aromatic heterocycles. The van der Waals surface area contributed by atoms with Crippen LogP contribution < -0.4 is 4.74 Å². The number of pyridine rings is 1. The van der Waals surface area contributed by atoms with Crippen LogP contribution in [0.1, 0.15) is 25.0 Å². The van der Waals surface area contributed by atoms with Crippen LogP contribution in [0.5, 0.6) is 5.75 Å². The third-order valence-electron chi connectivity index (χ3n) is 2.47. The molecule has 0 amide bonds. The van der Waals surface area contributed by atoms with E-state index in [0.717, 1.165) is 12.1 Å². The fraction of sp³-hybridized carbons (Fsp3) is 0.500. The molecule has 1 aliphatic rings. The Hall–Kier alpha value is -1.19. The summed E-state index contributed by atoms with van der Waals surface area (Å²) >= 11 is 0. The summed E-state index contributed by atoms with van der Waals surface area (Å²) in [5, 5.41) is 0. The molecule has 0 N–H and O–H groups in total. The molecule has 0 aromatic carbocycles. The van der Waals surface area contributed by atoms with Crippen molar-refractivity contribution < 1.29 is 13.5 Å². The molecule has 1 aromatic rings. The molecule has 1 aliphatic carbocycles. The second kappa shape index (κ2) is 3.52. The third kappa shape index (κ3) is 2.00. The lowest BCUT2D eigenvalue weighted by molar-refractivity contribution is -0.0500. The molecule has 4 heteroatoms. The van der Waals surface area contributed by atoms with Crippen molar-refractivity contribution >= 4 is 0 Å². The SMILES string of the molecule is C[C@H]1C[C@@H]1c1ccc(OC(F)F)cn1. The zero-order valence-electron chi connectivity index (χ0n) is 7.78. The van der Waals surface area contributed by atoms with Gasteiger partial charge in [0.15, 0.2) is 0 Å². The maximum atomic E-state index is 11.8. The molecule has 76 valence electrons. The molecule has 1 saturated carbocycles. The van der Waals surface area contributed by atoms with Crippen LogP contribution in [0.25, 0.3) is 0 Å². The van der Waals surface area contributed by atoms with Crippen LogP contribution in [0.15, 0.2) is 18.3 Å². The smallest absolute Gasteiger partial charge is 0.387 e. The van der Waals surface area contributed by atoms with Crippen LogP contribution in [0.4, 0.5) is 8.78 Å². The number of aromatic nitrogens is 1. The molecule has 1 heterocycles. The van der Waals surface area contributed by atoms with E-state index in [1.165, 1.54) is 6.20 Å². The quantitative estimate of drug-likeness (QED) is 0.746. The van der Waals surface area contributed by atoms with Crippen molar-refractivity contribution in [3.05, 3.63) is 24.0 Å². The van der Waals surface area contributed by atoms with E-state index >= 15 is 0 Å². The fourth-order valence-electron chi connectivity index (χ4n) is 1.52. The highest BCUT2D eigenvalue weighted by molar-refractivity contribution is 5.24. The first kappa shape index (κ1) is 9.37. The van der Waals surface area contributed by atoms with Gasteiger partial charge in [-0.1, -0.05) is 6.92 Å². The van der Waals surface area contributed by atoms with Gasteiger partial charge in [-0.15, -0.1) is 0 Å². The van der Waals surface area contributed by atoms with Crippen LogP contribution in [-0.2, 0) is 0 Å². The Bertz CT molecular complexity index is 312. The lowest BCUT2D eigenvalue weighted by Gasteiger charge is -2.04. The average Bonchev–Trinajstić information content (AvgIpc) is 2.83. The number of hydrogen-bond acceptors (Lipinski definition) is 2. The van der Waals surface area contributed by atoms with Crippen molar-refractivity contribution in [2.45, 2.75) is 25.9 Å². The number of ether oxygens (including phenoxy) is 1. The van der Waals surface area contributed by atoms with Crippen molar-refractivity contribution in [3.63, 3.8) is 0 Å². The molecule has 14 heavy (non-hydrogen) atoms. The maximum absolute atomic E-state index is 11.8. The van der Waals surface area contributed by atoms with Crippen molar-refractivity contribution in [2.75, 3.05) is 0 Å². The monoisotopic (exact) mass is 199 g/mol. The fourth-order valence-corrected chi connectivity index (χ4v) is 1.52. The number of rotatable bonds is 3. The van der Waals surface area contributed by atoms with Gasteiger partial charge in [-0.25, -0.2) is 0 Å². The predicted molar refractivity (Wildman–Crippen MR) is 47.4 cm³/mol. The molecule has 1 fully saturated rings. The molecule has 0 radical (unpaired) electrons. The molecular formula is C10H11F2NO. The second-order valence-electron chi connectivity index (χ2n) is 3.62. The summed E-state index contributed by atoms with van der Waals surface area (Å²) in [7, 11) is 0. The second-order valence-corrected chi connectivity index (χ2v) is 3.62. The summed E-state index contributed by atoms with van der Waals surface area (Å²) in [4.78, 5) is 4.09. The summed E-state index contributed by atoms with van der Waals surface area (Å²) in [6.07, 6.45) is 2.49. The van der Waals surface area contributed by atoms with E-state index in [1.54, 1.807) is 12.1 Å². The topological polar surface area (TPSA) is 22.1 Å². The van der Waals surface area contributed by atoms with Gasteiger partial charge in [-0.2, -0.15) is 8.78 Å². The van der Waals surface area contributed by atoms with E-state index in [2.05, 4.69) is 16.6 Å². The van der Waals surface area contributed by atoms with Gasteiger partial charge in [0.05, 0.1) is 6.20 Å². The minimum absolute atomic E-state index is 0.122. The average molecular weight is 199 g/mol. The predicted octanol–water partition coefficient (Wildman–Crippen LogP) is 2.81. The number of nitrogens with zero attached hydrogens (tertiary/aromatic N) is 1. The van der Waals surface area contributed by atoms with Crippen molar-refractivity contribution in [1.29, 1.82) is 0 Å². The van der Waals surface area contributed by atoms with Gasteiger partial charge in [0.1, 0.15) is 5.75 Å². The van der Waals surface area contributed by atoms with Gasteiger partial charge in [-0.05, 0) is 24.5 Å². The van der Waals surface area contributed by atoms with Crippen LogP contribution >= 0.6 is 0 Å². The van der Waals surface area contributed by atoms with Gasteiger partial charge in [0.2, 0.25) is 0 Å². The van der Waals surface area contributed by atoms with E-state index in [9.17, 15) is 8.78 Å². The van der Waals surface area contributed by atoms with Gasteiger partial charge in [0, 0.05) is 11.6 Å². The largest absolute Gasteiger partial charge is 0.433 e. The highest BCUT2D eigenvalue weighted by atomic mass is 19.3. The van der Waals surface area contributed by atoms with E-state index in [0.29, 0.717) is 11.8 Å². The van der Waals surface area contributed by atoms with Gasteiger partial charge in [0.25, 0.3) is 0 Å². The summed E-state index contributed by atoms with van der Waals surface area (Å²) in [6.45, 7) is -0.627. The summed E-state index contributed by atoms with van der Waals surface area (Å²) < 4.78 is 27.8. The molecule has 0 aliphatic heterocycles. The third-order valence-corrected chi connectivity index (χ3v) is 2.47. The van der Waals surface area contributed by atoms with Crippen LogP contribution in [-0.4, -0.2) is 11.6 Å². The standard InChI is InChI=1S/C10H11F2NO/c1-6-4-8(6)9-3-2-7(5-13-9)14-10(11)12/h2-3,5-6,8,10H,4H2,1H3/t6-,8-/m0/s1. The first-order chi connectivity index (χ1) is 6.66. The molecule has 0 saturated heterocycles.